The maximum Gasteiger partial charge on any atom is 0.240 e. The van der Waals surface area contributed by atoms with Crippen LogP contribution in [-0.2, 0) is 14.8 Å². The van der Waals surface area contributed by atoms with E-state index >= 15 is 0 Å². The Morgan fingerprint density at radius 3 is 2.48 bits per heavy atom. The monoisotopic (exact) mass is 346 g/mol. The van der Waals surface area contributed by atoms with Gasteiger partial charge in [0.15, 0.2) is 0 Å². The van der Waals surface area contributed by atoms with E-state index in [2.05, 4.69) is 4.72 Å². The Morgan fingerprint density at radius 1 is 1.09 bits per heavy atom. The van der Waals surface area contributed by atoms with Crippen LogP contribution in [0.1, 0.15) is 32.1 Å². The first-order chi connectivity index (χ1) is 10.9. The van der Waals surface area contributed by atoms with Gasteiger partial charge in [0.2, 0.25) is 15.9 Å². The van der Waals surface area contributed by atoms with Crippen LogP contribution in [0, 0.1) is 11.6 Å². The molecule has 0 saturated carbocycles. The molecular weight excluding hydrogens is 326 g/mol. The summed E-state index contributed by atoms with van der Waals surface area (Å²) in [4.78, 5) is 13.1. The third kappa shape index (κ3) is 5.24. The summed E-state index contributed by atoms with van der Waals surface area (Å²) in [6.07, 6.45) is 3.87. The molecule has 23 heavy (non-hydrogen) atoms. The smallest absolute Gasteiger partial charge is 0.240 e. The van der Waals surface area contributed by atoms with Crippen molar-refractivity contribution in [2.45, 2.75) is 37.0 Å². The van der Waals surface area contributed by atoms with Crippen LogP contribution in [0.4, 0.5) is 8.78 Å². The molecular formula is C15H20F2N2O3S. The lowest BCUT2D eigenvalue weighted by Gasteiger charge is -2.20. The zero-order chi connectivity index (χ0) is 16.9. The molecule has 0 aliphatic carbocycles. The second kappa shape index (κ2) is 7.83. The number of carbonyl (C=O) groups excluding carboxylic acids is 1. The molecule has 1 heterocycles. The number of amides is 1. The van der Waals surface area contributed by atoms with Crippen molar-refractivity contribution < 1.29 is 22.0 Å². The van der Waals surface area contributed by atoms with Gasteiger partial charge in [-0.3, -0.25) is 4.79 Å². The lowest BCUT2D eigenvalue weighted by Crippen LogP contribution is -2.34. The maximum atomic E-state index is 13.1. The number of sulfonamides is 1. The Morgan fingerprint density at radius 2 is 1.78 bits per heavy atom. The highest BCUT2D eigenvalue weighted by molar-refractivity contribution is 7.89. The van der Waals surface area contributed by atoms with Crippen LogP contribution < -0.4 is 4.72 Å². The fraction of sp³-hybridized carbons (Fsp3) is 0.533. The molecule has 0 atom stereocenters. The first-order valence-electron chi connectivity index (χ1n) is 7.62. The van der Waals surface area contributed by atoms with Gasteiger partial charge in [-0.25, -0.2) is 21.9 Å². The molecule has 0 spiro atoms. The Labute approximate surface area is 134 Å². The van der Waals surface area contributed by atoms with Crippen molar-refractivity contribution in [3.05, 3.63) is 29.8 Å². The van der Waals surface area contributed by atoms with Gasteiger partial charge in [0.25, 0.3) is 0 Å². The van der Waals surface area contributed by atoms with E-state index in [0.29, 0.717) is 32.0 Å². The highest BCUT2D eigenvalue weighted by Crippen LogP contribution is 2.14. The van der Waals surface area contributed by atoms with Crippen molar-refractivity contribution in [3.63, 3.8) is 0 Å². The van der Waals surface area contributed by atoms with Crippen LogP contribution in [0.25, 0.3) is 0 Å². The minimum Gasteiger partial charge on any atom is -0.343 e. The molecule has 1 saturated heterocycles. The van der Waals surface area contributed by atoms with Crippen molar-refractivity contribution in [3.8, 4) is 0 Å². The number of benzene rings is 1. The Kier molecular flexibility index (Phi) is 6.06. The average molecular weight is 346 g/mol. The van der Waals surface area contributed by atoms with Crippen molar-refractivity contribution in [1.29, 1.82) is 0 Å². The molecule has 1 aliphatic rings. The number of carbonyl (C=O) groups is 1. The van der Waals surface area contributed by atoms with E-state index in [0.717, 1.165) is 31.4 Å². The number of hydrogen-bond donors (Lipinski definition) is 1. The summed E-state index contributed by atoms with van der Waals surface area (Å²) in [5.41, 5.74) is 0. The molecule has 8 heteroatoms. The van der Waals surface area contributed by atoms with Crippen molar-refractivity contribution >= 4 is 15.9 Å². The summed E-state index contributed by atoms with van der Waals surface area (Å²) in [6, 6.07) is 2.15. The summed E-state index contributed by atoms with van der Waals surface area (Å²) >= 11 is 0. The summed E-state index contributed by atoms with van der Waals surface area (Å²) in [5.74, 6) is -1.79. The van der Waals surface area contributed by atoms with Gasteiger partial charge in [0.1, 0.15) is 11.6 Å². The molecule has 1 aromatic rings. The predicted molar refractivity (Wildman–Crippen MR) is 81.2 cm³/mol. The Bertz CT molecular complexity index is 644. The van der Waals surface area contributed by atoms with Gasteiger partial charge in [-0.1, -0.05) is 6.42 Å². The Balaban J connectivity index is 1.86. The van der Waals surface area contributed by atoms with Crippen LogP contribution >= 0.6 is 0 Å². The zero-order valence-corrected chi connectivity index (χ0v) is 13.5. The van der Waals surface area contributed by atoms with Gasteiger partial charge in [0, 0.05) is 32.1 Å². The van der Waals surface area contributed by atoms with E-state index in [-0.39, 0.29) is 12.5 Å². The molecule has 5 nitrogen and oxygen atoms in total. The molecule has 0 radical (unpaired) electrons. The number of nitrogens with one attached hydrogen (secondary N) is 1. The quantitative estimate of drug-likeness (QED) is 0.802. The Hall–Kier alpha value is -1.54. The standard InChI is InChI=1S/C15H20F2N2O3S/c16-12-9-13(17)11-14(10-12)23(21,22)18-6-4-8-19-7-3-1-2-5-15(19)20/h9-11,18H,1-8H2. The first kappa shape index (κ1) is 17.8. The minimum atomic E-state index is -3.96. The van der Waals surface area contributed by atoms with Crippen LogP contribution in [0.5, 0.6) is 0 Å². The molecule has 0 bridgehead atoms. The van der Waals surface area contributed by atoms with Crippen molar-refractivity contribution in [1.82, 2.24) is 9.62 Å². The van der Waals surface area contributed by atoms with Gasteiger partial charge in [-0.2, -0.15) is 0 Å². The van der Waals surface area contributed by atoms with E-state index in [1.54, 1.807) is 4.90 Å². The molecule has 0 aromatic heterocycles. The largest absolute Gasteiger partial charge is 0.343 e. The molecule has 0 unspecified atom stereocenters. The maximum absolute atomic E-state index is 13.1. The average Bonchev–Trinajstić information content (AvgIpc) is 2.67. The van der Waals surface area contributed by atoms with Crippen LogP contribution in [0.15, 0.2) is 23.1 Å². The van der Waals surface area contributed by atoms with Crippen LogP contribution in [0.3, 0.4) is 0 Å². The third-order valence-corrected chi connectivity index (χ3v) is 5.16. The highest BCUT2D eigenvalue weighted by atomic mass is 32.2. The zero-order valence-electron chi connectivity index (χ0n) is 12.7. The highest BCUT2D eigenvalue weighted by Gasteiger charge is 2.18. The molecule has 128 valence electrons. The summed E-state index contributed by atoms with van der Waals surface area (Å²) in [7, 11) is -3.96. The number of hydrogen-bond acceptors (Lipinski definition) is 3. The normalized spacial score (nSPS) is 16.4. The number of halogens is 2. The third-order valence-electron chi connectivity index (χ3n) is 3.71. The molecule has 1 aliphatic heterocycles. The molecule has 2 rings (SSSR count). The second-order valence-corrected chi connectivity index (χ2v) is 7.31. The summed E-state index contributed by atoms with van der Waals surface area (Å²) in [5, 5.41) is 0. The lowest BCUT2D eigenvalue weighted by atomic mass is 10.2. The van der Waals surface area contributed by atoms with Gasteiger partial charge in [-0.15, -0.1) is 0 Å². The van der Waals surface area contributed by atoms with E-state index < -0.39 is 26.6 Å². The summed E-state index contributed by atoms with van der Waals surface area (Å²) in [6.45, 7) is 1.27. The number of nitrogens with zero attached hydrogens (tertiary/aromatic N) is 1. The molecule has 1 N–H and O–H groups in total. The van der Waals surface area contributed by atoms with Gasteiger partial charge in [0.05, 0.1) is 4.90 Å². The van der Waals surface area contributed by atoms with E-state index in [4.69, 9.17) is 0 Å². The first-order valence-corrected chi connectivity index (χ1v) is 9.10. The molecule has 1 fully saturated rings. The predicted octanol–water partition coefficient (Wildman–Crippen LogP) is 2.04. The van der Waals surface area contributed by atoms with E-state index in [1.165, 1.54) is 0 Å². The van der Waals surface area contributed by atoms with Gasteiger partial charge in [-0.05, 0) is 31.4 Å². The topological polar surface area (TPSA) is 66.5 Å². The van der Waals surface area contributed by atoms with Gasteiger partial charge < -0.3 is 4.90 Å². The summed E-state index contributed by atoms with van der Waals surface area (Å²) < 4.78 is 52.5. The fourth-order valence-corrected chi connectivity index (χ4v) is 3.63. The second-order valence-electron chi connectivity index (χ2n) is 5.55. The number of rotatable bonds is 6. The fourth-order valence-electron chi connectivity index (χ4n) is 2.52. The van der Waals surface area contributed by atoms with E-state index in [9.17, 15) is 22.0 Å². The van der Waals surface area contributed by atoms with E-state index in [1.807, 2.05) is 0 Å². The SMILES string of the molecule is O=C1CCCCCN1CCCNS(=O)(=O)c1cc(F)cc(F)c1. The number of likely N-dealkylation sites (tertiary alicyclic amines) is 1. The van der Waals surface area contributed by atoms with Crippen LogP contribution in [-0.4, -0.2) is 38.9 Å². The van der Waals surface area contributed by atoms with Gasteiger partial charge >= 0.3 is 0 Å². The van der Waals surface area contributed by atoms with Crippen molar-refractivity contribution in [2.24, 2.45) is 0 Å². The van der Waals surface area contributed by atoms with Crippen LogP contribution in [0.2, 0.25) is 0 Å². The lowest BCUT2D eigenvalue weighted by molar-refractivity contribution is -0.130. The molecule has 1 aromatic carbocycles. The van der Waals surface area contributed by atoms with Crippen molar-refractivity contribution in [2.75, 3.05) is 19.6 Å². The minimum absolute atomic E-state index is 0.0950. The molecule has 1 amide bonds.